The van der Waals surface area contributed by atoms with E-state index in [2.05, 4.69) is 5.32 Å². The molecule has 0 aromatic heterocycles. The maximum Gasteiger partial charge on any atom is 0.338 e. The Labute approximate surface area is 113 Å². The zero-order chi connectivity index (χ0) is 14.4. The van der Waals surface area contributed by atoms with E-state index >= 15 is 0 Å². The summed E-state index contributed by atoms with van der Waals surface area (Å²) < 4.78 is 5.08. The summed E-state index contributed by atoms with van der Waals surface area (Å²) in [6, 6.07) is 6.45. The second-order valence-electron chi connectivity index (χ2n) is 4.81. The number of benzene rings is 1. The molecule has 0 aliphatic carbocycles. The number of carbonyl (C=O) groups is 2. The van der Waals surface area contributed by atoms with Crippen molar-refractivity contribution < 1.29 is 14.3 Å². The lowest BCUT2D eigenvalue weighted by molar-refractivity contribution is -0.129. The van der Waals surface area contributed by atoms with Gasteiger partial charge in [0.05, 0.1) is 5.56 Å². The predicted octanol–water partition coefficient (Wildman–Crippen LogP) is 1.59. The van der Waals surface area contributed by atoms with Crippen LogP contribution in [-0.2, 0) is 9.53 Å². The van der Waals surface area contributed by atoms with Crippen molar-refractivity contribution in [3.05, 3.63) is 29.8 Å². The number of anilines is 1. The first-order chi connectivity index (χ1) is 8.90. The summed E-state index contributed by atoms with van der Waals surface area (Å²) in [6.07, 6.45) is -0.826. The average molecular weight is 264 g/mol. The lowest BCUT2D eigenvalue weighted by Crippen LogP contribution is -2.37. The molecule has 19 heavy (non-hydrogen) atoms. The number of hydrogen-bond acceptors (Lipinski definition) is 4. The SMILES string of the molecule is CC(C)CNC(=O)C(C)OC(=O)c1cccc(N)c1. The van der Waals surface area contributed by atoms with Crippen LogP contribution in [0.3, 0.4) is 0 Å². The van der Waals surface area contributed by atoms with E-state index in [9.17, 15) is 9.59 Å². The highest BCUT2D eigenvalue weighted by molar-refractivity contribution is 5.92. The molecule has 1 atom stereocenters. The van der Waals surface area contributed by atoms with Crippen molar-refractivity contribution >= 4 is 17.6 Å². The van der Waals surface area contributed by atoms with Crippen molar-refractivity contribution in [1.29, 1.82) is 0 Å². The van der Waals surface area contributed by atoms with E-state index in [1.165, 1.54) is 6.07 Å². The fourth-order valence-corrected chi connectivity index (χ4v) is 1.40. The van der Waals surface area contributed by atoms with Crippen molar-refractivity contribution in [1.82, 2.24) is 5.32 Å². The third-order valence-corrected chi connectivity index (χ3v) is 2.46. The number of nitrogens with one attached hydrogen (secondary N) is 1. The van der Waals surface area contributed by atoms with Crippen LogP contribution in [-0.4, -0.2) is 24.5 Å². The van der Waals surface area contributed by atoms with Gasteiger partial charge in [0, 0.05) is 12.2 Å². The zero-order valence-corrected chi connectivity index (χ0v) is 11.5. The van der Waals surface area contributed by atoms with Gasteiger partial charge >= 0.3 is 5.97 Å². The van der Waals surface area contributed by atoms with Gasteiger partial charge in [-0.25, -0.2) is 4.79 Å². The lowest BCUT2D eigenvalue weighted by Gasteiger charge is -2.14. The molecule has 0 saturated carbocycles. The number of nitrogens with two attached hydrogens (primary N) is 1. The molecule has 3 N–H and O–H groups in total. The van der Waals surface area contributed by atoms with Crippen LogP contribution in [0.4, 0.5) is 5.69 Å². The number of amides is 1. The molecule has 0 radical (unpaired) electrons. The Balaban J connectivity index is 2.54. The summed E-state index contributed by atoms with van der Waals surface area (Å²) >= 11 is 0. The van der Waals surface area contributed by atoms with Crippen LogP contribution in [0.15, 0.2) is 24.3 Å². The Morgan fingerprint density at radius 1 is 1.32 bits per heavy atom. The van der Waals surface area contributed by atoms with E-state index in [1.807, 2.05) is 13.8 Å². The molecule has 0 bridgehead atoms. The number of esters is 1. The standard InChI is InChI=1S/C14H20N2O3/c1-9(2)8-16-13(17)10(3)19-14(18)11-5-4-6-12(15)7-11/h4-7,9-10H,8,15H2,1-3H3,(H,16,17). The van der Waals surface area contributed by atoms with Gasteiger partial charge in [-0.05, 0) is 31.0 Å². The van der Waals surface area contributed by atoms with Crippen molar-refractivity contribution in [3.63, 3.8) is 0 Å². The first-order valence-corrected chi connectivity index (χ1v) is 6.24. The van der Waals surface area contributed by atoms with E-state index in [0.717, 1.165) is 0 Å². The van der Waals surface area contributed by atoms with E-state index in [1.54, 1.807) is 25.1 Å². The molecule has 0 aliphatic rings. The largest absolute Gasteiger partial charge is 0.449 e. The van der Waals surface area contributed by atoms with Gasteiger partial charge in [0.1, 0.15) is 0 Å². The summed E-state index contributed by atoms with van der Waals surface area (Å²) in [5.74, 6) is -0.508. The van der Waals surface area contributed by atoms with Crippen molar-refractivity contribution in [2.75, 3.05) is 12.3 Å². The quantitative estimate of drug-likeness (QED) is 0.625. The highest BCUT2D eigenvalue weighted by Gasteiger charge is 2.18. The molecule has 1 aromatic rings. The predicted molar refractivity (Wildman–Crippen MR) is 73.6 cm³/mol. The van der Waals surface area contributed by atoms with Gasteiger partial charge < -0.3 is 15.8 Å². The molecule has 0 heterocycles. The van der Waals surface area contributed by atoms with E-state index in [4.69, 9.17) is 10.5 Å². The van der Waals surface area contributed by atoms with Crippen LogP contribution in [0.5, 0.6) is 0 Å². The molecular weight excluding hydrogens is 244 g/mol. The summed E-state index contributed by atoms with van der Waals surface area (Å²) in [4.78, 5) is 23.5. The molecular formula is C14H20N2O3. The van der Waals surface area contributed by atoms with Crippen molar-refractivity contribution in [2.45, 2.75) is 26.9 Å². The van der Waals surface area contributed by atoms with Crippen LogP contribution in [0.25, 0.3) is 0 Å². The average Bonchev–Trinajstić information content (AvgIpc) is 2.35. The first-order valence-electron chi connectivity index (χ1n) is 6.24. The molecule has 1 amide bonds. The molecule has 0 aliphatic heterocycles. The van der Waals surface area contributed by atoms with Gasteiger partial charge in [-0.1, -0.05) is 19.9 Å². The van der Waals surface area contributed by atoms with E-state index in [0.29, 0.717) is 23.7 Å². The molecule has 104 valence electrons. The van der Waals surface area contributed by atoms with Gasteiger partial charge in [0.2, 0.25) is 0 Å². The Kier molecular flexibility index (Phi) is 5.36. The van der Waals surface area contributed by atoms with Gasteiger partial charge in [0.15, 0.2) is 6.10 Å². The molecule has 0 saturated heterocycles. The van der Waals surface area contributed by atoms with Gasteiger partial charge in [0.25, 0.3) is 5.91 Å². The van der Waals surface area contributed by atoms with Crippen LogP contribution in [0.2, 0.25) is 0 Å². The second-order valence-corrected chi connectivity index (χ2v) is 4.81. The Hall–Kier alpha value is -2.04. The minimum atomic E-state index is -0.826. The maximum atomic E-state index is 11.8. The molecule has 1 aromatic carbocycles. The highest BCUT2D eigenvalue weighted by Crippen LogP contribution is 2.09. The summed E-state index contributed by atoms with van der Waals surface area (Å²) in [6.45, 7) is 6.08. The molecule has 0 spiro atoms. The maximum absolute atomic E-state index is 11.8. The zero-order valence-electron chi connectivity index (χ0n) is 11.5. The number of carbonyl (C=O) groups excluding carboxylic acids is 2. The number of nitrogen functional groups attached to an aromatic ring is 1. The van der Waals surface area contributed by atoms with E-state index in [-0.39, 0.29) is 5.91 Å². The third-order valence-electron chi connectivity index (χ3n) is 2.46. The van der Waals surface area contributed by atoms with Gasteiger partial charge in [-0.3, -0.25) is 4.79 Å². The third kappa shape index (κ3) is 4.99. The fourth-order valence-electron chi connectivity index (χ4n) is 1.40. The van der Waals surface area contributed by atoms with Crippen LogP contribution < -0.4 is 11.1 Å². The lowest BCUT2D eigenvalue weighted by atomic mass is 10.2. The molecule has 5 nitrogen and oxygen atoms in total. The molecule has 5 heteroatoms. The number of ether oxygens (including phenoxy) is 1. The number of rotatable bonds is 5. The first kappa shape index (κ1) is 15.0. The summed E-state index contributed by atoms with van der Waals surface area (Å²) in [7, 11) is 0. The minimum absolute atomic E-state index is 0.300. The smallest absolute Gasteiger partial charge is 0.338 e. The van der Waals surface area contributed by atoms with Gasteiger partial charge in [-0.15, -0.1) is 0 Å². The number of hydrogen-bond donors (Lipinski definition) is 2. The molecule has 0 fully saturated rings. The molecule has 1 unspecified atom stereocenters. The highest BCUT2D eigenvalue weighted by atomic mass is 16.5. The molecule has 1 rings (SSSR count). The van der Waals surface area contributed by atoms with Crippen LogP contribution >= 0.6 is 0 Å². The van der Waals surface area contributed by atoms with Crippen LogP contribution in [0, 0.1) is 5.92 Å². The fraction of sp³-hybridized carbons (Fsp3) is 0.429. The van der Waals surface area contributed by atoms with Crippen molar-refractivity contribution in [2.24, 2.45) is 5.92 Å². The summed E-state index contributed by atoms with van der Waals surface area (Å²) in [5, 5.41) is 2.71. The Bertz CT molecular complexity index is 458. The topological polar surface area (TPSA) is 81.4 Å². The Morgan fingerprint density at radius 2 is 2.00 bits per heavy atom. The van der Waals surface area contributed by atoms with E-state index < -0.39 is 12.1 Å². The minimum Gasteiger partial charge on any atom is -0.449 e. The van der Waals surface area contributed by atoms with Crippen molar-refractivity contribution in [3.8, 4) is 0 Å². The Morgan fingerprint density at radius 3 is 2.58 bits per heavy atom. The van der Waals surface area contributed by atoms with Gasteiger partial charge in [-0.2, -0.15) is 0 Å². The monoisotopic (exact) mass is 264 g/mol. The summed E-state index contributed by atoms with van der Waals surface area (Å²) in [5.41, 5.74) is 6.40. The second kappa shape index (κ2) is 6.78. The normalized spacial score (nSPS) is 12.0. The van der Waals surface area contributed by atoms with Crippen LogP contribution in [0.1, 0.15) is 31.1 Å².